The van der Waals surface area contributed by atoms with E-state index in [9.17, 15) is 0 Å². The number of halogens is 1. The van der Waals surface area contributed by atoms with E-state index in [0.717, 1.165) is 10.2 Å². The van der Waals surface area contributed by atoms with Crippen molar-refractivity contribution in [2.75, 3.05) is 0 Å². The molecule has 1 rings (SSSR count). The van der Waals surface area contributed by atoms with Crippen molar-refractivity contribution in [1.82, 2.24) is 4.98 Å². The second kappa shape index (κ2) is 3.32. The topological polar surface area (TPSA) is 38.9 Å². The van der Waals surface area contributed by atoms with Gasteiger partial charge in [0.1, 0.15) is 4.60 Å². The first-order valence-electron chi connectivity index (χ1n) is 3.49. The summed E-state index contributed by atoms with van der Waals surface area (Å²) >= 11 is 3.36. The molecule has 11 heavy (non-hydrogen) atoms. The van der Waals surface area contributed by atoms with Crippen LogP contribution in [0.15, 0.2) is 16.9 Å². The van der Waals surface area contributed by atoms with E-state index in [2.05, 4.69) is 20.9 Å². The van der Waals surface area contributed by atoms with E-state index in [-0.39, 0.29) is 6.04 Å². The van der Waals surface area contributed by atoms with E-state index < -0.39 is 0 Å². The Labute approximate surface area is 75.0 Å². The van der Waals surface area contributed by atoms with Crippen LogP contribution in [0.2, 0.25) is 0 Å². The van der Waals surface area contributed by atoms with Gasteiger partial charge in [-0.25, -0.2) is 4.98 Å². The summed E-state index contributed by atoms with van der Waals surface area (Å²) in [6.45, 7) is 3.99. The van der Waals surface area contributed by atoms with Gasteiger partial charge in [0, 0.05) is 17.8 Å². The van der Waals surface area contributed by atoms with Gasteiger partial charge in [0.25, 0.3) is 0 Å². The highest BCUT2D eigenvalue weighted by atomic mass is 79.9. The van der Waals surface area contributed by atoms with Crippen LogP contribution in [0.1, 0.15) is 24.1 Å². The summed E-state index contributed by atoms with van der Waals surface area (Å²) in [4.78, 5) is 4.10. The fraction of sp³-hybridized carbons (Fsp3) is 0.375. The van der Waals surface area contributed by atoms with Gasteiger partial charge >= 0.3 is 0 Å². The first kappa shape index (κ1) is 8.68. The summed E-state index contributed by atoms with van der Waals surface area (Å²) in [5.41, 5.74) is 8.02. The molecule has 1 atom stereocenters. The first-order chi connectivity index (χ1) is 5.13. The van der Waals surface area contributed by atoms with Gasteiger partial charge in [-0.2, -0.15) is 0 Å². The molecule has 0 saturated heterocycles. The maximum atomic E-state index is 5.75. The molecule has 0 aliphatic carbocycles. The third-order valence-corrected chi connectivity index (χ3v) is 2.25. The standard InChI is InChI=1S/C8H11BrN2/c1-5-3-4-11-8(9)7(5)6(2)10/h3-4,6H,10H2,1-2H3. The molecule has 3 heteroatoms. The summed E-state index contributed by atoms with van der Waals surface area (Å²) in [5.74, 6) is 0. The predicted molar refractivity (Wildman–Crippen MR) is 49.3 cm³/mol. The second-order valence-corrected chi connectivity index (χ2v) is 3.37. The molecule has 1 aromatic heterocycles. The summed E-state index contributed by atoms with van der Waals surface area (Å²) in [6, 6.07) is 2.00. The maximum Gasteiger partial charge on any atom is 0.111 e. The summed E-state index contributed by atoms with van der Waals surface area (Å²) in [5, 5.41) is 0. The van der Waals surface area contributed by atoms with Crippen LogP contribution in [0, 0.1) is 6.92 Å². The molecule has 0 aliphatic heterocycles. The monoisotopic (exact) mass is 214 g/mol. The average molecular weight is 215 g/mol. The normalized spacial score (nSPS) is 13.1. The quantitative estimate of drug-likeness (QED) is 0.729. The molecule has 1 aromatic rings. The van der Waals surface area contributed by atoms with Gasteiger partial charge in [0.05, 0.1) is 0 Å². The molecular weight excluding hydrogens is 204 g/mol. The summed E-state index contributed by atoms with van der Waals surface area (Å²) < 4.78 is 0.854. The Morgan fingerprint density at radius 1 is 1.64 bits per heavy atom. The molecule has 1 unspecified atom stereocenters. The van der Waals surface area contributed by atoms with E-state index in [0.29, 0.717) is 0 Å². The fourth-order valence-electron chi connectivity index (χ4n) is 1.08. The van der Waals surface area contributed by atoms with Crippen molar-refractivity contribution >= 4 is 15.9 Å². The summed E-state index contributed by atoms with van der Waals surface area (Å²) in [7, 11) is 0. The van der Waals surface area contributed by atoms with E-state index >= 15 is 0 Å². The van der Waals surface area contributed by atoms with Crippen molar-refractivity contribution in [3.63, 3.8) is 0 Å². The van der Waals surface area contributed by atoms with Crippen LogP contribution in [0.3, 0.4) is 0 Å². The second-order valence-electron chi connectivity index (χ2n) is 2.62. The van der Waals surface area contributed by atoms with Gasteiger partial charge in [-0.15, -0.1) is 0 Å². The molecule has 2 nitrogen and oxygen atoms in total. The van der Waals surface area contributed by atoms with E-state index in [1.54, 1.807) is 6.20 Å². The summed E-state index contributed by atoms with van der Waals surface area (Å²) in [6.07, 6.45) is 1.77. The molecule has 60 valence electrons. The van der Waals surface area contributed by atoms with Crippen LogP contribution in [0.25, 0.3) is 0 Å². The fourth-order valence-corrected chi connectivity index (χ4v) is 1.88. The van der Waals surface area contributed by atoms with Crippen molar-refractivity contribution < 1.29 is 0 Å². The highest BCUT2D eigenvalue weighted by Crippen LogP contribution is 2.22. The zero-order valence-electron chi connectivity index (χ0n) is 6.63. The lowest BCUT2D eigenvalue weighted by Gasteiger charge is -2.10. The number of hydrogen-bond acceptors (Lipinski definition) is 2. The third-order valence-electron chi connectivity index (χ3n) is 1.61. The Bertz CT molecular complexity index is 238. The highest BCUT2D eigenvalue weighted by Gasteiger charge is 2.07. The Morgan fingerprint density at radius 3 is 2.64 bits per heavy atom. The molecule has 0 fully saturated rings. The minimum absolute atomic E-state index is 0.0399. The third kappa shape index (κ3) is 1.79. The van der Waals surface area contributed by atoms with Gasteiger partial charge in [0.15, 0.2) is 0 Å². The predicted octanol–water partition coefficient (Wildman–Crippen LogP) is 2.17. The molecule has 0 aliphatic rings. The smallest absolute Gasteiger partial charge is 0.111 e. The lowest BCUT2D eigenvalue weighted by molar-refractivity contribution is 0.795. The number of nitrogens with zero attached hydrogens (tertiary/aromatic N) is 1. The number of aryl methyl sites for hydroxylation is 1. The molecular formula is C8H11BrN2. The highest BCUT2D eigenvalue weighted by molar-refractivity contribution is 9.10. The molecule has 0 saturated carbocycles. The molecule has 0 aromatic carbocycles. The van der Waals surface area contributed by atoms with Crippen molar-refractivity contribution in [2.24, 2.45) is 5.73 Å². The Morgan fingerprint density at radius 2 is 2.27 bits per heavy atom. The van der Waals surface area contributed by atoms with E-state index in [4.69, 9.17) is 5.73 Å². The van der Waals surface area contributed by atoms with Crippen LogP contribution in [0.5, 0.6) is 0 Å². The van der Waals surface area contributed by atoms with Gasteiger partial charge in [-0.1, -0.05) is 0 Å². The minimum atomic E-state index is 0.0399. The molecule has 0 spiro atoms. The van der Waals surface area contributed by atoms with Gasteiger partial charge in [0.2, 0.25) is 0 Å². The Balaban J connectivity index is 3.21. The van der Waals surface area contributed by atoms with Crippen molar-refractivity contribution in [1.29, 1.82) is 0 Å². The largest absolute Gasteiger partial charge is 0.324 e. The number of pyridine rings is 1. The lowest BCUT2D eigenvalue weighted by atomic mass is 10.1. The van der Waals surface area contributed by atoms with Crippen LogP contribution >= 0.6 is 15.9 Å². The molecule has 0 radical (unpaired) electrons. The van der Waals surface area contributed by atoms with Crippen molar-refractivity contribution in [3.8, 4) is 0 Å². The SMILES string of the molecule is Cc1ccnc(Br)c1C(C)N. The molecule has 2 N–H and O–H groups in total. The Kier molecular flexibility index (Phi) is 2.62. The maximum absolute atomic E-state index is 5.75. The molecule has 0 amide bonds. The zero-order chi connectivity index (χ0) is 8.43. The van der Waals surface area contributed by atoms with Gasteiger partial charge in [-0.05, 0) is 41.4 Å². The molecule has 0 bridgehead atoms. The number of aromatic nitrogens is 1. The number of hydrogen-bond donors (Lipinski definition) is 1. The van der Waals surface area contributed by atoms with Crippen LogP contribution in [-0.2, 0) is 0 Å². The molecule has 1 heterocycles. The first-order valence-corrected chi connectivity index (χ1v) is 4.29. The number of nitrogens with two attached hydrogens (primary N) is 1. The van der Waals surface area contributed by atoms with E-state index in [1.165, 1.54) is 5.56 Å². The minimum Gasteiger partial charge on any atom is -0.324 e. The van der Waals surface area contributed by atoms with Gasteiger partial charge < -0.3 is 5.73 Å². The van der Waals surface area contributed by atoms with Crippen molar-refractivity contribution in [2.45, 2.75) is 19.9 Å². The van der Waals surface area contributed by atoms with E-state index in [1.807, 2.05) is 19.9 Å². The van der Waals surface area contributed by atoms with Crippen molar-refractivity contribution in [3.05, 3.63) is 28.0 Å². The van der Waals surface area contributed by atoms with Crippen LogP contribution in [-0.4, -0.2) is 4.98 Å². The Hall–Kier alpha value is -0.410. The van der Waals surface area contributed by atoms with Crippen LogP contribution in [0.4, 0.5) is 0 Å². The lowest BCUT2D eigenvalue weighted by Crippen LogP contribution is -2.08. The zero-order valence-corrected chi connectivity index (χ0v) is 8.22. The van der Waals surface area contributed by atoms with Gasteiger partial charge in [-0.3, -0.25) is 0 Å². The number of rotatable bonds is 1. The van der Waals surface area contributed by atoms with Crippen LogP contribution < -0.4 is 5.73 Å². The average Bonchev–Trinajstić information content (AvgIpc) is 1.85.